The number of carboxylic acids is 1. The van der Waals surface area contributed by atoms with E-state index in [-0.39, 0.29) is 22.8 Å². The van der Waals surface area contributed by atoms with Crippen molar-refractivity contribution in [3.63, 3.8) is 0 Å². The van der Waals surface area contributed by atoms with Gasteiger partial charge in [-0.1, -0.05) is 0 Å². The molecule has 0 atom stereocenters. The SMILES string of the molecule is COC(=O)c1cccnc1-n1cc(N)c(C(=O)O)n1. The molecule has 2 heterocycles. The summed E-state index contributed by atoms with van der Waals surface area (Å²) >= 11 is 0. The zero-order valence-electron chi connectivity index (χ0n) is 9.90. The number of ether oxygens (including phenoxy) is 1. The second-order valence-electron chi connectivity index (χ2n) is 3.55. The number of carbonyl (C=O) groups is 2. The fourth-order valence-electron chi connectivity index (χ4n) is 1.51. The van der Waals surface area contributed by atoms with Crippen LogP contribution in [0.15, 0.2) is 24.5 Å². The highest BCUT2D eigenvalue weighted by Gasteiger charge is 2.19. The van der Waals surface area contributed by atoms with Gasteiger partial charge in [-0.15, -0.1) is 0 Å². The Morgan fingerprint density at radius 1 is 1.47 bits per heavy atom. The van der Waals surface area contributed by atoms with Crippen LogP contribution in [0.3, 0.4) is 0 Å². The van der Waals surface area contributed by atoms with Crippen LogP contribution in [0.4, 0.5) is 5.69 Å². The maximum Gasteiger partial charge on any atom is 0.358 e. The van der Waals surface area contributed by atoms with Crippen LogP contribution in [0.25, 0.3) is 5.82 Å². The molecule has 2 aromatic heterocycles. The van der Waals surface area contributed by atoms with E-state index in [2.05, 4.69) is 14.8 Å². The molecule has 0 aliphatic rings. The summed E-state index contributed by atoms with van der Waals surface area (Å²) in [5.41, 5.74) is 5.36. The van der Waals surface area contributed by atoms with E-state index >= 15 is 0 Å². The van der Waals surface area contributed by atoms with Crippen molar-refractivity contribution < 1.29 is 19.4 Å². The van der Waals surface area contributed by atoms with Gasteiger partial charge < -0.3 is 15.6 Å². The van der Waals surface area contributed by atoms with E-state index in [0.29, 0.717) is 0 Å². The molecular formula is C11H10N4O4. The lowest BCUT2D eigenvalue weighted by atomic mass is 10.2. The number of nitrogen functional groups attached to an aromatic ring is 1. The van der Waals surface area contributed by atoms with E-state index in [9.17, 15) is 9.59 Å². The number of aromatic carboxylic acids is 1. The van der Waals surface area contributed by atoms with Crippen LogP contribution in [0, 0.1) is 0 Å². The van der Waals surface area contributed by atoms with Crippen LogP contribution in [-0.2, 0) is 4.74 Å². The van der Waals surface area contributed by atoms with Gasteiger partial charge in [-0.25, -0.2) is 19.3 Å². The van der Waals surface area contributed by atoms with Crippen LogP contribution in [-0.4, -0.2) is 38.9 Å². The summed E-state index contributed by atoms with van der Waals surface area (Å²) < 4.78 is 5.75. The summed E-state index contributed by atoms with van der Waals surface area (Å²) in [6.45, 7) is 0. The predicted molar refractivity (Wildman–Crippen MR) is 64.1 cm³/mol. The molecule has 98 valence electrons. The number of carbonyl (C=O) groups excluding carboxylic acids is 1. The summed E-state index contributed by atoms with van der Waals surface area (Å²) in [4.78, 5) is 26.4. The van der Waals surface area contributed by atoms with E-state index < -0.39 is 11.9 Å². The first-order valence-corrected chi connectivity index (χ1v) is 5.16. The van der Waals surface area contributed by atoms with Gasteiger partial charge in [0.25, 0.3) is 0 Å². The van der Waals surface area contributed by atoms with E-state index in [4.69, 9.17) is 10.8 Å². The molecule has 0 aromatic carbocycles. The molecule has 0 saturated heterocycles. The predicted octanol–water partition coefficient (Wildman–Crippen LogP) is 0.334. The minimum atomic E-state index is -1.26. The molecule has 0 bridgehead atoms. The molecule has 0 unspecified atom stereocenters. The molecule has 0 radical (unpaired) electrons. The molecule has 2 aromatic rings. The van der Waals surface area contributed by atoms with Crippen LogP contribution >= 0.6 is 0 Å². The Balaban J connectivity index is 2.56. The second kappa shape index (κ2) is 4.77. The highest BCUT2D eigenvalue weighted by atomic mass is 16.5. The normalized spacial score (nSPS) is 10.2. The van der Waals surface area contributed by atoms with Gasteiger partial charge >= 0.3 is 11.9 Å². The Kier molecular flexibility index (Phi) is 3.15. The molecule has 3 N–H and O–H groups in total. The molecule has 19 heavy (non-hydrogen) atoms. The molecule has 8 nitrogen and oxygen atoms in total. The zero-order chi connectivity index (χ0) is 14.0. The molecule has 0 aliphatic carbocycles. The van der Waals surface area contributed by atoms with Crippen LogP contribution in [0.1, 0.15) is 20.8 Å². The topological polar surface area (TPSA) is 120 Å². The van der Waals surface area contributed by atoms with Gasteiger partial charge in [-0.2, -0.15) is 5.10 Å². The molecule has 0 amide bonds. The van der Waals surface area contributed by atoms with Gasteiger partial charge in [0, 0.05) is 6.20 Å². The fourth-order valence-corrected chi connectivity index (χ4v) is 1.51. The second-order valence-corrected chi connectivity index (χ2v) is 3.55. The van der Waals surface area contributed by atoms with Crippen LogP contribution in [0.5, 0.6) is 0 Å². The Morgan fingerprint density at radius 2 is 2.21 bits per heavy atom. The highest BCUT2D eigenvalue weighted by molar-refractivity contribution is 5.93. The van der Waals surface area contributed by atoms with Crippen LogP contribution in [0.2, 0.25) is 0 Å². The number of hydrogen-bond acceptors (Lipinski definition) is 6. The molecule has 0 fully saturated rings. The Bertz CT molecular complexity index is 650. The Labute approximate surface area is 107 Å². The third-order valence-corrected chi connectivity index (χ3v) is 2.35. The average Bonchev–Trinajstić information content (AvgIpc) is 2.80. The van der Waals surface area contributed by atoms with Crippen molar-refractivity contribution in [1.82, 2.24) is 14.8 Å². The van der Waals surface area contributed by atoms with Crippen molar-refractivity contribution in [2.75, 3.05) is 12.8 Å². The summed E-state index contributed by atoms with van der Waals surface area (Å²) in [7, 11) is 1.24. The quantitative estimate of drug-likeness (QED) is 0.765. The van der Waals surface area contributed by atoms with E-state index in [0.717, 1.165) is 4.68 Å². The third-order valence-electron chi connectivity index (χ3n) is 2.35. The monoisotopic (exact) mass is 262 g/mol. The minimum Gasteiger partial charge on any atom is -0.476 e. The average molecular weight is 262 g/mol. The summed E-state index contributed by atoms with van der Waals surface area (Å²) in [6, 6.07) is 3.05. The Hall–Kier alpha value is -2.90. The smallest absolute Gasteiger partial charge is 0.358 e. The van der Waals surface area contributed by atoms with E-state index in [1.807, 2.05) is 0 Å². The lowest BCUT2D eigenvalue weighted by Crippen LogP contribution is -2.10. The molecule has 0 saturated carbocycles. The van der Waals surface area contributed by atoms with Crippen molar-refractivity contribution >= 4 is 17.6 Å². The van der Waals surface area contributed by atoms with E-state index in [1.54, 1.807) is 6.07 Å². The summed E-state index contributed by atoms with van der Waals surface area (Å²) in [5, 5.41) is 12.7. The molecule has 8 heteroatoms. The maximum absolute atomic E-state index is 11.6. The van der Waals surface area contributed by atoms with Crippen molar-refractivity contribution in [2.24, 2.45) is 0 Å². The lowest BCUT2D eigenvalue weighted by molar-refractivity contribution is 0.0599. The number of esters is 1. The van der Waals surface area contributed by atoms with Gasteiger partial charge in [0.05, 0.1) is 19.0 Å². The minimum absolute atomic E-state index is 0.0195. The number of pyridine rings is 1. The summed E-state index contributed by atoms with van der Waals surface area (Å²) in [6.07, 6.45) is 2.72. The fraction of sp³-hybridized carbons (Fsp3) is 0.0909. The van der Waals surface area contributed by atoms with Crippen molar-refractivity contribution in [3.05, 3.63) is 35.8 Å². The largest absolute Gasteiger partial charge is 0.476 e. The number of anilines is 1. The number of rotatable bonds is 3. The molecule has 0 aliphatic heterocycles. The first-order chi connectivity index (χ1) is 9.04. The first-order valence-electron chi connectivity index (χ1n) is 5.16. The number of methoxy groups -OCH3 is 1. The van der Waals surface area contributed by atoms with Crippen LogP contribution < -0.4 is 5.73 Å². The van der Waals surface area contributed by atoms with Gasteiger partial charge in [0.2, 0.25) is 0 Å². The number of hydrogen-bond donors (Lipinski definition) is 2. The number of aromatic nitrogens is 3. The van der Waals surface area contributed by atoms with Gasteiger partial charge in [-0.05, 0) is 12.1 Å². The van der Waals surface area contributed by atoms with Crippen molar-refractivity contribution in [1.29, 1.82) is 0 Å². The lowest BCUT2D eigenvalue weighted by Gasteiger charge is -2.05. The molecular weight excluding hydrogens is 252 g/mol. The van der Waals surface area contributed by atoms with Crippen molar-refractivity contribution in [3.8, 4) is 5.82 Å². The van der Waals surface area contributed by atoms with Gasteiger partial charge in [-0.3, -0.25) is 0 Å². The highest BCUT2D eigenvalue weighted by Crippen LogP contribution is 2.16. The number of carboxylic acid groups (broad SMARTS) is 1. The van der Waals surface area contributed by atoms with E-state index in [1.165, 1.54) is 25.6 Å². The number of nitrogens with zero attached hydrogens (tertiary/aromatic N) is 3. The number of nitrogens with two attached hydrogens (primary N) is 1. The van der Waals surface area contributed by atoms with Crippen molar-refractivity contribution in [2.45, 2.75) is 0 Å². The van der Waals surface area contributed by atoms with Gasteiger partial charge in [0.15, 0.2) is 11.5 Å². The molecule has 2 rings (SSSR count). The third kappa shape index (κ3) is 2.23. The van der Waals surface area contributed by atoms with Gasteiger partial charge in [0.1, 0.15) is 5.56 Å². The summed E-state index contributed by atoms with van der Waals surface area (Å²) in [5.74, 6) is -1.71. The standard InChI is InChI=1S/C11H10N4O4/c1-19-11(18)6-3-2-4-13-9(6)15-5-7(12)8(14-15)10(16)17/h2-5H,12H2,1H3,(H,16,17). The zero-order valence-corrected chi connectivity index (χ0v) is 9.90. The molecule has 0 spiro atoms. The maximum atomic E-state index is 11.6. The first kappa shape index (κ1) is 12.6. The Morgan fingerprint density at radius 3 is 2.79 bits per heavy atom.